The van der Waals surface area contributed by atoms with E-state index in [1.54, 1.807) is 25.1 Å². The molecule has 0 radical (unpaired) electrons. The molecular weight excluding hydrogens is 454 g/mol. The van der Waals surface area contributed by atoms with Crippen molar-refractivity contribution in [1.29, 1.82) is 0 Å². The van der Waals surface area contributed by atoms with Gasteiger partial charge in [-0.1, -0.05) is 0 Å². The first-order valence-electron chi connectivity index (χ1n) is 11.3. The lowest BCUT2D eigenvalue weighted by atomic mass is 9.61. The minimum Gasteiger partial charge on any atom is -0.511 e. The SMILES string of the molecule is CC(=O)NC(=O)C1=C(O)[C@@H](N(C)C)C2CC3Cc4c(N(C)C)ccc(O)c4C(=O)C3=C(O)C2C1=O. The molecule has 186 valence electrons. The number of likely N-dealkylation sites (N-methyl/N-ethyl adjacent to an activating group) is 1. The Morgan fingerprint density at radius 1 is 1.03 bits per heavy atom. The Kier molecular flexibility index (Phi) is 5.96. The molecule has 4 N–H and O–H groups in total. The van der Waals surface area contributed by atoms with E-state index in [2.05, 4.69) is 0 Å². The molecule has 0 saturated carbocycles. The van der Waals surface area contributed by atoms with Gasteiger partial charge in [-0.05, 0) is 56.5 Å². The van der Waals surface area contributed by atoms with Gasteiger partial charge in [-0.25, -0.2) is 0 Å². The van der Waals surface area contributed by atoms with Crippen LogP contribution in [0.3, 0.4) is 0 Å². The zero-order valence-corrected chi connectivity index (χ0v) is 20.2. The first-order valence-corrected chi connectivity index (χ1v) is 11.3. The maximum atomic E-state index is 13.6. The summed E-state index contributed by atoms with van der Waals surface area (Å²) in [6.07, 6.45) is 0.639. The first-order chi connectivity index (χ1) is 16.4. The van der Waals surface area contributed by atoms with Crippen LogP contribution in [-0.4, -0.2) is 77.8 Å². The van der Waals surface area contributed by atoms with E-state index in [1.807, 2.05) is 24.3 Å². The summed E-state index contributed by atoms with van der Waals surface area (Å²) >= 11 is 0. The van der Waals surface area contributed by atoms with Gasteiger partial charge in [0, 0.05) is 32.3 Å². The van der Waals surface area contributed by atoms with Gasteiger partial charge < -0.3 is 20.2 Å². The molecule has 35 heavy (non-hydrogen) atoms. The number of fused-ring (bicyclic) bond motifs is 3. The highest BCUT2D eigenvalue weighted by atomic mass is 16.3. The van der Waals surface area contributed by atoms with Crippen LogP contribution in [0.5, 0.6) is 5.75 Å². The number of phenolic OH excluding ortho intramolecular Hbond substituents is 1. The van der Waals surface area contributed by atoms with Crippen LogP contribution in [0.2, 0.25) is 0 Å². The number of ketones is 2. The van der Waals surface area contributed by atoms with E-state index in [0.29, 0.717) is 12.0 Å². The summed E-state index contributed by atoms with van der Waals surface area (Å²) in [6, 6.07) is 2.35. The number of aliphatic hydroxyl groups is 2. The molecule has 0 saturated heterocycles. The standard InChI is InChI=1S/C25H29N3O7/c1-10(29)26-25(35)19-23(33)18-13(20(24(19)34)28(4)5)9-11-8-12-14(27(2)3)6-7-15(30)17(12)21(31)16(11)22(18)32/h6-7,11,13,18,20,30,32,34H,8-9H2,1-5H3,(H,26,29,35)/t11?,13?,18?,20-/m0/s1. The summed E-state index contributed by atoms with van der Waals surface area (Å²) in [5.74, 6) is -6.61. The van der Waals surface area contributed by atoms with Crippen molar-refractivity contribution in [2.24, 2.45) is 17.8 Å². The zero-order valence-electron chi connectivity index (χ0n) is 20.2. The fraction of sp³-hybridized carbons (Fsp3) is 0.440. The van der Waals surface area contributed by atoms with Gasteiger partial charge in [-0.15, -0.1) is 0 Å². The van der Waals surface area contributed by atoms with Crippen LogP contribution in [0, 0.1) is 17.8 Å². The third-order valence-corrected chi connectivity index (χ3v) is 7.18. The monoisotopic (exact) mass is 483 g/mol. The molecule has 3 aliphatic rings. The van der Waals surface area contributed by atoms with E-state index in [1.165, 1.54) is 6.07 Å². The Morgan fingerprint density at radius 2 is 1.69 bits per heavy atom. The molecule has 10 nitrogen and oxygen atoms in total. The highest BCUT2D eigenvalue weighted by Gasteiger charge is 2.54. The van der Waals surface area contributed by atoms with Crippen molar-refractivity contribution in [1.82, 2.24) is 10.2 Å². The van der Waals surface area contributed by atoms with Gasteiger partial charge in [0.25, 0.3) is 5.91 Å². The number of phenols is 1. The number of carbonyl (C=O) groups is 4. The average molecular weight is 484 g/mol. The van der Waals surface area contributed by atoms with Crippen LogP contribution in [-0.2, 0) is 20.8 Å². The van der Waals surface area contributed by atoms with Crippen molar-refractivity contribution >= 4 is 29.1 Å². The Hall–Kier alpha value is -3.66. The fourth-order valence-corrected chi connectivity index (χ4v) is 5.87. The molecule has 4 atom stereocenters. The van der Waals surface area contributed by atoms with Crippen LogP contribution < -0.4 is 10.2 Å². The summed E-state index contributed by atoms with van der Waals surface area (Å²) in [5.41, 5.74) is 0.954. The topological polar surface area (TPSA) is 147 Å². The van der Waals surface area contributed by atoms with Crippen LogP contribution in [0.15, 0.2) is 34.8 Å². The number of hydrogen-bond acceptors (Lipinski definition) is 9. The molecule has 0 heterocycles. The highest BCUT2D eigenvalue weighted by Crippen LogP contribution is 2.51. The average Bonchev–Trinajstić information content (AvgIpc) is 2.72. The number of imide groups is 1. The van der Waals surface area contributed by atoms with Crippen LogP contribution in [0.4, 0.5) is 5.69 Å². The van der Waals surface area contributed by atoms with Crippen LogP contribution in [0.1, 0.15) is 29.3 Å². The molecule has 3 unspecified atom stereocenters. The Bertz CT molecular complexity index is 1230. The van der Waals surface area contributed by atoms with E-state index in [0.717, 1.165) is 12.6 Å². The second kappa shape index (κ2) is 8.53. The lowest BCUT2D eigenvalue weighted by Crippen LogP contribution is -2.53. The predicted octanol–water partition coefficient (Wildman–Crippen LogP) is 1.25. The minimum absolute atomic E-state index is 0.0449. The summed E-state index contributed by atoms with van der Waals surface area (Å²) < 4.78 is 0. The first kappa shape index (κ1) is 24.5. The normalized spacial score (nSPS) is 25.8. The molecule has 2 amide bonds. The number of hydrogen-bond donors (Lipinski definition) is 4. The molecule has 0 aromatic heterocycles. The summed E-state index contributed by atoms with van der Waals surface area (Å²) in [5, 5.41) is 34.8. The van der Waals surface area contributed by atoms with Crippen molar-refractivity contribution in [2.75, 3.05) is 33.1 Å². The fourth-order valence-electron chi connectivity index (χ4n) is 5.87. The van der Waals surface area contributed by atoms with Crippen molar-refractivity contribution in [3.63, 3.8) is 0 Å². The Morgan fingerprint density at radius 3 is 2.26 bits per heavy atom. The largest absolute Gasteiger partial charge is 0.511 e. The third-order valence-electron chi connectivity index (χ3n) is 7.18. The molecular formula is C25H29N3O7. The van der Waals surface area contributed by atoms with Gasteiger partial charge in [-0.2, -0.15) is 0 Å². The van der Waals surface area contributed by atoms with E-state index >= 15 is 0 Å². The molecule has 0 fully saturated rings. The van der Waals surface area contributed by atoms with Gasteiger partial charge in [-0.3, -0.25) is 29.4 Å². The summed E-state index contributed by atoms with van der Waals surface area (Å²) in [6.45, 7) is 1.10. The lowest BCUT2D eigenvalue weighted by molar-refractivity contribution is -0.130. The Balaban J connectivity index is 1.89. The van der Waals surface area contributed by atoms with E-state index in [-0.39, 0.29) is 23.3 Å². The van der Waals surface area contributed by atoms with Gasteiger partial charge in [0.05, 0.1) is 17.5 Å². The number of Topliss-reactive ketones (excluding diaryl/α,β-unsaturated/α-hetero) is 2. The van der Waals surface area contributed by atoms with Crippen LogP contribution in [0.25, 0.3) is 0 Å². The molecule has 0 aliphatic heterocycles. The molecule has 0 spiro atoms. The van der Waals surface area contributed by atoms with Gasteiger partial charge >= 0.3 is 0 Å². The number of nitrogens with one attached hydrogen (secondary N) is 1. The number of aliphatic hydroxyl groups excluding tert-OH is 2. The zero-order chi connectivity index (χ0) is 25.9. The highest BCUT2D eigenvalue weighted by molar-refractivity contribution is 6.25. The molecule has 10 heteroatoms. The maximum Gasteiger partial charge on any atom is 0.264 e. The van der Waals surface area contributed by atoms with Gasteiger partial charge in [0.1, 0.15) is 22.8 Å². The summed E-state index contributed by atoms with van der Waals surface area (Å²) in [7, 11) is 7.01. The van der Waals surface area contributed by atoms with E-state index in [9.17, 15) is 34.5 Å². The number of nitrogens with zero attached hydrogens (tertiary/aromatic N) is 2. The number of amides is 2. The number of aromatic hydroxyl groups is 1. The third kappa shape index (κ3) is 3.68. The number of rotatable bonds is 3. The van der Waals surface area contributed by atoms with Gasteiger partial charge in [0.2, 0.25) is 5.91 Å². The molecule has 1 aromatic rings. The van der Waals surface area contributed by atoms with Crippen molar-refractivity contribution in [3.05, 3.63) is 45.9 Å². The number of allylic oxidation sites excluding steroid dienone is 2. The van der Waals surface area contributed by atoms with Gasteiger partial charge in [0.15, 0.2) is 11.6 Å². The van der Waals surface area contributed by atoms with Crippen molar-refractivity contribution in [3.8, 4) is 5.75 Å². The number of benzene rings is 1. The second-order valence-electron chi connectivity index (χ2n) is 9.80. The quantitative estimate of drug-likeness (QED) is 0.466. The van der Waals surface area contributed by atoms with Crippen molar-refractivity contribution < 1.29 is 34.5 Å². The molecule has 4 rings (SSSR count). The molecule has 3 aliphatic carbocycles. The van der Waals surface area contributed by atoms with E-state index < -0.39 is 64.3 Å². The van der Waals surface area contributed by atoms with E-state index in [4.69, 9.17) is 0 Å². The molecule has 1 aromatic carbocycles. The number of carbonyl (C=O) groups excluding carboxylic acids is 4. The smallest absolute Gasteiger partial charge is 0.264 e. The molecule has 0 bridgehead atoms. The number of anilines is 1. The lowest BCUT2D eigenvalue weighted by Gasteiger charge is -2.46. The maximum absolute atomic E-state index is 13.6. The predicted molar refractivity (Wildman–Crippen MR) is 126 cm³/mol. The summed E-state index contributed by atoms with van der Waals surface area (Å²) in [4.78, 5) is 54.6. The second-order valence-corrected chi connectivity index (χ2v) is 9.80. The Labute approximate surface area is 202 Å². The van der Waals surface area contributed by atoms with Crippen LogP contribution >= 0.6 is 0 Å². The minimum atomic E-state index is -1.25. The van der Waals surface area contributed by atoms with Crippen molar-refractivity contribution in [2.45, 2.75) is 25.8 Å².